The zero-order chi connectivity index (χ0) is 25.6. The zero-order valence-corrected chi connectivity index (χ0v) is 21.8. The molecule has 37 heavy (non-hydrogen) atoms. The molecule has 0 saturated carbocycles. The van der Waals surface area contributed by atoms with E-state index in [2.05, 4.69) is 78.8 Å². The number of hydrogen-bond donors (Lipinski definition) is 1. The summed E-state index contributed by atoms with van der Waals surface area (Å²) >= 11 is 0. The summed E-state index contributed by atoms with van der Waals surface area (Å²) in [6.07, 6.45) is 6.18. The van der Waals surface area contributed by atoms with Crippen LogP contribution in [0.5, 0.6) is 0 Å². The molecule has 4 heteroatoms. The van der Waals surface area contributed by atoms with E-state index in [9.17, 15) is 9.59 Å². The molecule has 6 rings (SSSR count). The average molecular weight is 491 g/mol. The molecular formula is C33H34N2O2. The van der Waals surface area contributed by atoms with Crippen LogP contribution in [-0.2, 0) is 16.6 Å². The van der Waals surface area contributed by atoms with E-state index in [-0.39, 0.29) is 17.7 Å². The van der Waals surface area contributed by atoms with Crippen molar-refractivity contribution in [3.63, 3.8) is 0 Å². The molecule has 1 atom stereocenters. The molecule has 0 spiro atoms. The molecule has 1 N–H and O–H groups in total. The van der Waals surface area contributed by atoms with Crippen molar-refractivity contribution in [1.82, 2.24) is 5.32 Å². The molecule has 188 valence electrons. The van der Waals surface area contributed by atoms with Crippen molar-refractivity contribution in [3.05, 3.63) is 94.0 Å². The van der Waals surface area contributed by atoms with Gasteiger partial charge in [-0.05, 0) is 71.7 Å². The van der Waals surface area contributed by atoms with Crippen LogP contribution in [0.3, 0.4) is 0 Å². The summed E-state index contributed by atoms with van der Waals surface area (Å²) in [6.45, 7) is 5.27. The van der Waals surface area contributed by atoms with Crippen molar-refractivity contribution in [3.8, 4) is 11.1 Å². The first-order valence-corrected chi connectivity index (χ1v) is 13.9. The number of rotatable bonds is 9. The molecule has 0 bridgehead atoms. The maximum absolute atomic E-state index is 14.6. The van der Waals surface area contributed by atoms with Gasteiger partial charge in [-0.3, -0.25) is 9.59 Å². The summed E-state index contributed by atoms with van der Waals surface area (Å²) < 4.78 is 0. The molecule has 4 nitrogen and oxygen atoms in total. The molecule has 3 aromatic carbocycles. The minimum atomic E-state index is -0.885. The van der Waals surface area contributed by atoms with Crippen LogP contribution in [0.2, 0.25) is 0 Å². The number of hydrogen-bond acceptors (Lipinski definition) is 3. The van der Waals surface area contributed by atoms with Gasteiger partial charge in [0.15, 0.2) is 5.78 Å². The van der Waals surface area contributed by atoms with E-state index in [0.29, 0.717) is 12.0 Å². The number of unbranched alkanes of at least 4 members (excludes halogenated alkanes) is 2. The van der Waals surface area contributed by atoms with Gasteiger partial charge in [0.1, 0.15) is 5.41 Å². The Morgan fingerprint density at radius 2 is 1.54 bits per heavy atom. The standard InChI is InChI=1S/C33H34N2O2/c1-3-5-11-23-27(18-17-24-30(23)31(35-32(24)37)28-19-20-34-28)33(29(36)16-6-4-2)25-14-9-7-12-21(25)22-13-8-10-15-26(22)33/h7-10,12-15,17-18,28,34H,3-6,11,16,19-20H2,1-2H3. The Hall–Kier alpha value is -3.37. The van der Waals surface area contributed by atoms with Crippen molar-refractivity contribution in [2.45, 2.75) is 70.3 Å². The molecule has 0 aromatic heterocycles. The maximum atomic E-state index is 14.6. The Morgan fingerprint density at radius 3 is 2.14 bits per heavy atom. The van der Waals surface area contributed by atoms with Crippen LogP contribution in [-0.4, -0.2) is 30.0 Å². The fourth-order valence-corrected chi connectivity index (χ4v) is 6.58. The van der Waals surface area contributed by atoms with Crippen LogP contribution >= 0.6 is 0 Å². The number of fused-ring (bicyclic) bond motifs is 4. The number of ketones is 1. The monoisotopic (exact) mass is 490 g/mol. The van der Waals surface area contributed by atoms with Crippen LogP contribution in [0.15, 0.2) is 65.7 Å². The third-order valence-electron chi connectivity index (χ3n) is 8.49. The summed E-state index contributed by atoms with van der Waals surface area (Å²) in [4.78, 5) is 32.2. The lowest BCUT2D eigenvalue weighted by Gasteiger charge is -2.35. The first-order valence-electron chi connectivity index (χ1n) is 13.9. The van der Waals surface area contributed by atoms with Gasteiger partial charge in [0.05, 0.1) is 17.3 Å². The van der Waals surface area contributed by atoms with E-state index < -0.39 is 5.41 Å². The molecule has 1 saturated heterocycles. The van der Waals surface area contributed by atoms with E-state index in [1.54, 1.807) is 0 Å². The van der Waals surface area contributed by atoms with Crippen molar-refractivity contribution in [1.29, 1.82) is 0 Å². The minimum absolute atomic E-state index is 0.107. The smallest absolute Gasteiger partial charge is 0.277 e. The SMILES string of the molecule is CCCCC(=O)C1(c2ccc3c(c2CCCC)C(C2CCN2)=NC3=O)c2ccccc2-c2ccccc21. The highest BCUT2D eigenvalue weighted by molar-refractivity contribution is 6.24. The Labute approximate surface area is 219 Å². The fraction of sp³-hybridized carbons (Fsp3) is 0.364. The first-order chi connectivity index (χ1) is 18.1. The predicted octanol–water partition coefficient (Wildman–Crippen LogP) is 6.41. The number of aliphatic imine (C=N–C) groups is 1. The van der Waals surface area contributed by atoms with Crippen molar-refractivity contribution < 1.29 is 9.59 Å². The fourth-order valence-electron chi connectivity index (χ4n) is 6.58. The van der Waals surface area contributed by atoms with Gasteiger partial charge in [-0.25, -0.2) is 4.99 Å². The van der Waals surface area contributed by atoms with Gasteiger partial charge in [-0.2, -0.15) is 0 Å². The second-order valence-corrected chi connectivity index (χ2v) is 10.6. The molecule has 3 aliphatic rings. The minimum Gasteiger partial charge on any atom is -0.308 e. The quantitative estimate of drug-likeness (QED) is 0.377. The highest BCUT2D eigenvalue weighted by Gasteiger charge is 2.51. The van der Waals surface area contributed by atoms with Gasteiger partial charge < -0.3 is 5.32 Å². The Morgan fingerprint density at radius 1 is 0.892 bits per heavy atom. The van der Waals surface area contributed by atoms with E-state index in [4.69, 9.17) is 0 Å². The molecule has 3 aromatic rings. The first kappa shape index (κ1) is 24.0. The average Bonchev–Trinajstić information content (AvgIpc) is 3.38. The summed E-state index contributed by atoms with van der Waals surface area (Å²) in [5, 5.41) is 3.46. The second-order valence-electron chi connectivity index (χ2n) is 10.6. The number of nitrogens with zero attached hydrogens (tertiary/aromatic N) is 1. The van der Waals surface area contributed by atoms with Crippen molar-refractivity contribution in [2.75, 3.05) is 6.54 Å². The maximum Gasteiger partial charge on any atom is 0.277 e. The molecular weight excluding hydrogens is 456 g/mol. The van der Waals surface area contributed by atoms with E-state index in [0.717, 1.165) is 89.7 Å². The zero-order valence-electron chi connectivity index (χ0n) is 21.8. The topological polar surface area (TPSA) is 58.5 Å². The van der Waals surface area contributed by atoms with Gasteiger partial charge in [0, 0.05) is 12.0 Å². The lowest BCUT2D eigenvalue weighted by Crippen LogP contribution is -2.49. The Bertz CT molecular complexity index is 1380. The highest BCUT2D eigenvalue weighted by Crippen LogP contribution is 2.55. The highest BCUT2D eigenvalue weighted by atomic mass is 16.1. The number of carbonyl (C=O) groups is 2. The number of benzene rings is 3. The van der Waals surface area contributed by atoms with Crippen LogP contribution in [0.25, 0.3) is 11.1 Å². The van der Waals surface area contributed by atoms with Crippen LogP contribution in [0, 0.1) is 0 Å². The van der Waals surface area contributed by atoms with E-state index >= 15 is 0 Å². The third kappa shape index (κ3) is 3.49. The van der Waals surface area contributed by atoms with Gasteiger partial charge in [0.2, 0.25) is 0 Å². The molecule has 1 aliphatic carbocycles. The molecule has 2 heterocycles. The summed E-state index contributed by atoms with van der Waals surface area (Å²) in [5.41, 5.74) is 8.24. The third-order valence-corrected chi connectivity index (χ3v) is 8.49. The molecule has 0 radical (unpaired) electrons. The molecule has 1 unspecified atom stereocenters. The number of Topliss-reactive ketones (excluding diaryl/α,β-unsaturated/α-hetero) is 1. The lowest BCUT2D eigenvalue weighted by molar-refractivity contribution is -0.122. The van der Waals surface area contributed by atoms with Gasteiger partial charge in [-0.15, -0.1) is 0 Å². The van der Waals surface area contributed by atoms with Gasteiger partial charge in [0.25, 0.3) is 5.91 Å². The lowest BCUT2D eigenvalue weighted by atomic mass is 9.65. The molecule has 1 amide bonds. The second kappa shape index (κ2) is 9.50. The largest absolute Gasteiger partial charge is 0.308 e. The molecule has 1 fully saturated rings. The van der Waals surface area contributed by atoms with Gasteiger partial charge in [-0.1, -0.05) is 81.3 Å². The number of nitrogens with one attached hydrogen (secondary N) is 1. The molecule has 2 aliphatic heterocycles. The van der Waals surface area contributed by atoms with Crippen LogP contribution in [0.4, 0.5) is 0 Å². The Kier molecular flexibility index (Phi) is 6.16. The number of carbonyl (C=O) groups excluding carboxylic acids is 2. The number of amides is 1. The summed E-state index contributed by atoms with van der Waals surface area (Å²) in [5.74, 6) is 0.0932. The van der Waals surface area contributed by atoms with Crippen LogP contribution < -0.4 is 5.32 Å². The van der Waals surface area contributed by atoms with E-state index in [1.165, 1.54) is 0 Å². The van der Waals surface area contributed by atoms with E-state index in [1.807, 2.05) is 6.07 Å². The summed E-state index contributed by atoms with van der Waals surface area (Å²) in [6, 6.07) is 21.0. The van der Waals surface area contributed by atoms with Crippen molar-refractivity contribution >= 4 is 17.4 Å². The van der Waals surface area contributed by atoms with Crippen molar-refractivity contribution in [2.24, 2.45) is 4.99 Å². The van der Waals surface area contributed by atoms with Gasteiger partial charge >= 0.3 is 0 Å². The Balaban J connectivity index is 1.68. The normalized spacial score (nSPS) is 18.6. The van der Waals surface area contributed by atoms with Crippen LogP contribution in [0.1, 0.15) is 90.5 Å². The predicted molar refractivity (Wildman–Crippen MR) is 149 cm³/mol. The summed E-state index contributed by atoms with van der Waals surface area (Å²) in [7, 11) is 0.